The largest absolute Gasteiger partial charge is 0.490 e. The van der Waals surface area contributed by atoms with Gasteiger partial charge in [-0.05, 0) is 44.5 Å². The first-order chi connectivity index (χ1) is 15.2. The number of urea groups is 1. The maximum atomic E-state index is 14.3. The van der Waals surface area contributed by atoms with Gasteiger partial charge in [0.15, 0.2) is 9.84 Å². The zero-order valence-corrected chi connectivity index (χ0v) is 18.5. The Hall–Kier alpha value is -2.48. The van der Waals surface area contributed by atoms with Crippen molar-refractivity contribution in [3.05, 3.63) is 29.3 Å². The van der Waals surface area contributed by atoms with Crippen molar-refractivity contribution in [3.63, 3.8) is 0 Å². The molecule has 14 heteroatoms. The van der Waals surface area contributed by atoms with Gasteiger partial charge in [-0.2, -0.15) is 13.2 Å². The van der Waals surface area contributed by atoms with Crippen LogP contribution in [0.1, 0.15) is 24.8 Å². The van der Waals surface area contributed by atoms with Crippen LogP contribution >= 0.6 is 0 Å². The zero-order chi connectivity index (χ0) is 25.0. The summed E-state index contributed by atoms with van der Waals surface area (Å²) in [6.07, 6.45) is -1.73. The van der Waals surface area contributed by atoms with Crippen LogP contribution in [0.3, 0.4) is 0 Å². The summed E-state index contributed by atoms with van der Waals surface area (Å²) in [5.41, 5.74) is -0.0181. The highest BCUT2D eigenvalue weighted by molar-refractivity contribution is 7.90. The SMILES string of the molecule is CS(=O)(=O)c1cc(F)c(CN2CCCN(C3CCNCC3)C2=O)cc1F.O=C(O)C(F)(F)F. The number of aliphatic carboxylic acids is 1. The van der Waals surface area contributed by atoms with Gasteiger partial charge in [0, 0.05) is 31.0 Å². The number of carboxylic acid groups (broad SMARTS) is 1. The summed E-state index contributed by atoms with van der Waals surface area (Å²) in [6, 6.07) is 1.57. The number of hydrogen-bond acceptors (Lipinski definition) is 5. The van der Waals surface area contributed by atoms with Crippen molar-refractivity contribution in [3.8, 4) is 0 Å². The number of piperidine rings is 1. The van der Waals surface area contributed by atoms with Crippen LogP contribution < -0.4 is 5.32 Å². The molecule has 1 aromatic carbocycles. The van der Waals surface area contributed by atoms with Gasteiger partial charge in [0.05, 0.1) is 6.54 Å². The van der Waals surface area contributed by atoms with Crippen molar-refractivity contribution in [2.45, 2.75) is 42.9 Å². The van der Waals surface area contributed by atoms with Crippen molar-refractivity contribution in [1.29, 1.82) is 0 Å². The van der Waals surface area contributed by atoms with Crippen molar-refractivity contribution >= 4 is 21.8 Å². The number of halogens is 5. The van der Waals surface area contributed by atoms with Crippen LogP contribution in [-0.4, -0.2) is 80.0 Å². The van der Waals surface area contributed by atoms with E-state index in [4.69, 9.17) is 9.90 Å². The summed E-state index contributed by atoms with van der Waals surface area (Å²) in [4.78, 5) is 24.3. The molecule has 0 bridgehead atoms. The minimum Gasteiger partial charge on any atom is -0.475 e. The van der Waals surface area contributed by atoms with Crippen LogP contribution in [0, 0.1) is 11.6 Å². The number of amides is 2. The first-order valence-corrected chi connectivity index (χ1v) is 11.8. The van der Waals surface area contributed by atoms with Gasteiger partial charge in [-0.1, -0.05) is 0 Å². The summed E-state index contributed by atoms with van der Waals surface area (Å²) in [5.74, 6) is -4.57. The summed E-state index contributed by atoms with van der Waals surface area (Å²) in [6.45, 7) is 2.79. The Labute approximate surface area is 187 Å². The number of nitrogens with one attached hydrogen (secondary N) is 1. The number of rotatable bonds is 4. The maximum Gasteiger partial charge on any atom is 0.490 e. The Morgan fingerprint density at radius 1 is 1.15 bits per heavy atom. The number of carbonyl (C=O) groups is 2. The number of alkyl halides is 3. The molecule has 2 aliphatic rings. The molecule has 0 unspecified atom stereocenters. The number of benzene rings is 1. The molecule has 186 valence electrons. The molecule has 1 aromatic rings. The molecule has 0 spiro atoms. The molecule has 0 aromatic heterocycles. The van der Waals surface area contributed by atoms with E-state index in [9.17, 15) is 35.2 Å². The number of carbonyl (C=O) groups excluding carboxylic acids is 1. The lowest BCUT2D eigenvalue weighted by Gasteiger charge is -2.41. The van der Waals surface area contributed by atoms with Gasteiger partial charge in [-0.25, -0.2) is 26.8 Å². The van der Waals surface area contributed by atoms with E-state index in [1.165, 1.54) is 4.90 Å². The fourth-order valence-corrected chi connectivity index (χ4v) is 4.32. The lowest BCUT2D eigenvalue weighted by molar-refractivity contribution is -0.192. The van der Waals surface area contributed by atoms with Gasteiger partial charge in [0.2, 0.25) is 0 Å². The topological polar surface area (TPSA) is 107 Å². The lowest BCUT2D eigenvalue weighted by Crippen LogP contribution is -2.55. The average Bonchev–Trinajstić information content (AvgIpc) is 2.71. The molecule has 0 atom stereocenters. The lowest BCUT2D eigenvalue weighted by atomic mass is 10.0. The molecule has 0 saturated carbocycles. The van der Waals surface area contributed by atoms with E-state index in [-0.39, 0.29) is 24.2 Å². The van der Waals surface area contributed by atoms with Crippen LogP contribution in [0.4, 0.5) is 26.7 Å². The minimum absolute atomic E-state index is 0.0181. The standard InChI is InChI=1S/C17H23F2N3O3S.C2HF3O2/c1-26(24,25)16-10-14(18)12(9-15(16)19)11-21-7-2-8-22(17(21)23)13-3-5-20-6-4-13;3-2(4,5)1(6)7/h9-10,13,20H,2-8,11H2,1H3;(H,6,7). The summed E-state index contributed by atoms with van der Waals surface area (Å²) < 4.78 is 83.1. The molecule has 2 aliphatic heterocycles. The summed E-state index contributed by atoms with van der Waals surface area (Å²) in [7, 11) is -3.85. The first-order valence-electron chi connectivity index (χ1n) is 9.96. The van der Waals surface area contributed by atoms with Gasteiger partial charge in [0.25, 0.3) is 0 Å². The molecule has 2 fully saturated rings. The Bertz CT molecular complexity index is 981. The van der Waals surface area contributed by atoms with Crippen LogP contribution in [0.2, 0.25) is 0 Å². The van der Waals surface area contributed by atoms with Crippen LogP contribution in [0.25, 0.3) is 0 Å². The van der Waals surface area contributed by atoms with Crippen LogP contribution in [0.5, 0.6) is 0 Å². The molecule has 2 amide bonds. The van der Waals surface area contributed by atoms with E-state index in [0.717, 1.165) is 44.7 Å². The van der Waals surface area contributed by atoms with Crippen molar-refractivity contribution in [2.75, 3.05) is 32.4 Å². The van der Waals surface area contributed by atoms with E-state index in [1.807, 2.05) is 4.90 Å². The second kappa shape index (κ2) is 10.6. The third kappa shape index (κ3) is 7.25. The maximum absolute atomic E-state index is 14.3. The number of nitrogens with zero attached hydrogens (tertiary/aromatic N) is 2. The highest BCUT2D eigenvalue weighted by Gasteiger charge is 2.38. The second-order valence-electron chi connectivity index (χ2n) is 7.68. The van der Waals surface area contributed by atoms with Crippen LogP contribution in [-0.2, 0) is 21.2 Å². The Balaban J connectivity index is 0.000000479. The molecule has 33 heavy (non-hydrogen) atoms. The van der Waals surface area contributed by atoms with Gasteiger partial charge >= 0.3 is 18.2 Å². The van der Waals surface area contributed by atoms with Crippen molar-refractivity contribution in [2.24, 2.45) is 0 Å². The molecule has 0 radical (unpaired) electrons. The molecule has 8 nitrogen and oxygen atoms in total. The van der Waals surface area contributed by atoms with Crippen molar-refractivity contribution in [1.82, 2.24) is 15.1 Å². The predicted octanol–water partition coefficient (Wildman–Crippen LogP) is 2.38. The number of sulfone groups is 1. The van der Waals surface area contributed by atoms with E-state index in [1.54, 1.807) is 0 Å². The predicted molar refractivity (Wildman–Crippen MR) is 106 cm³/mol. The molecule has 2 saturated heterocycles. The minimum atomic E-state index is -5.08. The van der Waals surface area contributed by atoms with E-state index >= 15 is 0 Å². The fourth-order valence-electron chi connectivity index (χ4n) is 3.59. The van der Waals surface area contributed by atoms with Crippen LogP contribution in [0.15, 0.2) is 17.0 Å². The van der Waals surface area contributed by atoms with E-state index in [2.05, 4.69) is 5.32 Å². The third-order valence-corrected chi connectivity index (χ3v) is 6.31. The molecular weight excluding hydrogens is 477 g/mol. The number of hydrogen-bond donors (Lipinski definition) is 2. The fraction of sp³-hybridized carbons (Fsp3) is 0.579. The molecule has 3 rings (SSSR count). The third-order valence-electron chi connectivity index (χ3n) is 5.20. The molecule has 0 aliphatic carbocycles. The highest BCUT2D eigenvalue weighted by atomic mass is 32.2. The average molecular weight is 501 g/mol. The van der Waals surface area contributed by atoms with Gasteiger partial charge in [0.1, 0.15) is 16.5 Å². The summed E-state index contributed by atoms with van der Waals surface area (Å²) in [5, 5.41) is 10.4. The van der Waals surface area contributed by atoms with Gasteiger partial charge in [-0.3, -0.25) is 0 Å². The van der Waals surface area contributed by atoms with Gasteiger partial charge in [-0.15, -0.1) is 0 Å². The molecule has 2 N–H and O–H groups in total. The highest BCUT2D eigenvalue weighted by Crippen LogP contribution is 2.24. The Kier molecular flexibility index (Phi) is 8.63. The van der Waals surface area contributed by atoms with Gasteiger partial charge < -0.3 is 20.2 Å². The Morgan fingerprint density at radius 2 is 1.73 bits per heavy atom. The number of carboxylic acids is 1. The van der Waals surface area contributed by atoms with Crippen molar-refractivity contribution < 1.29 is 45.1 Å². The smallest absolute Gasteiger partial charge is 0.475 e. The Morgan fingerprint density at radius 3 is 2.24 bits per heavy atom. The normalized spacial score (nSPS) is 18.1. The summed E-state index contributed by atoms with van der Waals surface area (Å²) >= 11 is 0. The van der Waals surface area contributed by atoms with E-state index < -0.39 is 38.5 Å². The quantitative estimate of drug-likeness (QED) is 0.614. The second-order valence-corrected chi connectivity index (χ2v) is 9.67. The molecule has 2 heterocycles. The zero-order valence-electron chi connectivity index (χ0n) is 17.7. The molecular formula is C19H24F5N3O5S. The first kappa shape index (κ1) is 26.8. The van der Waals surface area contributed by atoms with E-state index in [0.29, 0.717) is 19.2 Å². The monoisotopic (exact) mass is 501 g/mol.